The van der Waals surface area contributed by atoms with Crippen LogP contribution >= 0.6 is 0 Å². The van der Waals surface area contributed by atoms with Gasteiger partial charge in [0, 0.05) is 17.6 Å². The van der Waals surface area contributed by atoms with Crippen LogP contribution in [0.3, 0.4) is 0 Å². The lowest BCUT2D eigenvalue weighted by molar-refractivity contribution is -0.142. The first kappa shape index (κ1) is 21.8. The first-order valence-electron chi connectivity index (χ1n) is 11.3. The average Bonchev–Trinajstić information content (AvgIpc) is 3.43. The Labute approximate surface area is 197 Å². The van der Waals surface area contributed by atoms with Gasteiger partial charge in [-0.25, -0.2) is 4.79 Å². The first-order chi connectivity index (χ1) is 16.6. The first-order valence-corrected chi connectivity index (χ1v) is 11.3. The fraction of sp³-hybridized carbons (Fsp3) is 0.214. The van der Waals surface area contributed by atoms with Crippen LogP contribution < -0.4 is 10.5 Å². The molecule has 0 saturated carbocycles. The summed E-state index contributed by atoms with van der Waals surface area (Å²) < 4.78 is 12.8. The molecule has 0 bridgehead atoms. The molecule has 0 spiro atoms. The summed E-state index contributed by atoms with van der Waals surface area (Å²) in [5, 5.41) is 0.849. The number of rotatable bonds is 7. The Morgan fingerprint density at radius 3 is 2.53 bits per heavy atom. The highest BCUT2D eigenvalue weighted by Gasteiger charge is 2.34. The molecule has 6 nitrogen and oxygen atoms in total. The number of amides is 1. The van der Waals surface area contributed by atoms with Crippen molar-refractivity contribution in [1.82, 2.24) is 4.57 Å². The van der Waals surface area contributed by atoms with Gasteiger partial charge in [0.05, 0.1) is 18.5 Å². The molecule has 2 N–H and O–H groups in total. The van der Waals surface area contributed by atoms with E-state index in [0.29, 0.717) is 18.7 Å². The van der Waals surface area contributed by atoms with Crippen molar-refractivity contribution in [3.05, 3.63) is 89.6 Å². The zero-order valence-electron chi connectivity index (χ0n) is 19.0. The van der Waals surface area contributed by atoms with Crippen LogP contribution in [0.1, 0.15) is 29.2 Å². The Kier molecular flexibility index (Phi) is 5.80. The van der Waals surface area contributed by atoms with Gasteiger partial charge in [-0.2, -0.15) is 0 Å². The molecule has 1 aromatic heterocycles. The number of benzene rings is 3. The summed E-state index contributed by atoms with van der Waals surface area (Å²) in [6.45, 7) is 0.453. The molecule has 1 amide bonds. The van der Waals surface area contributed by atoms with Gasteiger partial charge < -0.3 is 19.8 Å². The number of hydrogen-bond donors (Lipinski definition) is 1. The highest BCUT2D eigenvalue weighted by Crippen LogP contribution is 2.44. The number of carbonyl (C=O) groups excluding carboxylic acids is 2. The molecule has 0 saturated heterocycles. The second-order valence-corrected chi connectivity index (χ2v) is 8.52. The summed E-state index contributed by atoms with van der Waals surface area (Å²) in [7, 11) is 1.33. The van der Waals surface area contributed by atoms with Crippen LogP contribution in [-0.4, -0.2) is 30.2 Å². The highest BCUT2D eigenvalue weighted by molar-refractivity contribution is 5.97. The molecule has 0 radical (unpaired) electrons. The minimum Gasteiger partial charge on any atom is -0.481 e. The number of esters is 1. The Hall–Kier alpha value is -4.06. The monoisotopic (exact) mass is 454 g/mol. The Balaban J connectivity index is 1.60. The maximum absolute atomic E-state index is 12.3. The zero-order valence-corrected chi connectivity index (χ0v) is 19.0. The van der Waals surface area contributed by atoms with Crippen molar-refractivity contribution < 1.29 is 19.1 Å². The van der Waals surface area contributed by atoms with Gasteiger partial charge in [-0.05, 0) is 53.3 Å². The summed E-state index contributed by atoms with van der Waals surface area (Å²) in [6.07, 6.45) is 1.43. The van der Waals surface area contributed by atoms with Gasteiger partial charge in [0.25, 0.3) is 0 Å². The molecular formula is C28H26N2O4. The van der Waals surface area contributed by atoms with E-state index in [1.807, 2.05) is 36.4 Å². The maximum atomic E-state index is 12.3. The molecule has 1 unspecified atom stereocenters. The Morgan fingerprint density at radius 1 is 1.00 bits per heavy atom. The van der Waals surface area contributed by atoms with Crippen molar-refractivity contribution in [2.75, 3.05) is 13.7 Å². The standard InChI is InChI=1S/C28H26N2O4/c1-33-25(31)17-34-24-12-6-11-22-27(24)26-21(28(29)32)13-14-23(26)30(22)16-18-7-5-10-20(15-18)19-8-3-2-4-9-19/h2-12,15,21H,13-14,16-17H2,1H3,(H2,29,32). The van der Waals surface area contributed by atoms with E-state index in [1.54, 1.807) is 0 Å². The van der Waals surface area contributed by atoms with Crippen LogP contribution in [0.15, 0.2) is 72.8 Å². The average molecular weight is 455 g/mol. The third-order valence-corrected chi connectivity index (χ3v) is 6.51. The smallest absolute Gasteiger partial charge is 0.343 e. The van der Waals surface area contributed by atoms with Crippen LogP contribution in [0.4, 0.5) is 0 Å². The predicted molar refractivity (Wildman–Crippen MR) is 131 cm³/mol. The third kappa shape index (κ3) is 3.92. The van der Waals surface area contributed by atoms with E-state index in [-0.39, 0.29) is 18.4 Å². The number of nitrogens with two attached hydrogens (primary N) is 1. The van der Waals surface area contributed by atoms with Crippen molar-refractivity contribution in [3.8, 4) is 16.9 Å². The molecule has 4 aromatic rings. The topological polar surface area (TPSA) is 83.6 Å². The van der Waals surface area contributed by atoms with E-state index in [4.69, 9.17) is 15.2 Å². The van der Waals surface area contributed by atoms with Crippen LogP contribution in [0.5, 0.6) is 5.75 Å². The summed E-state index contributed by atoms with van der Waals surface area (Å²) in [6, 6.07) is 24.5. The molecule has 1 aliphatic rings. The van der Waals surface area contributed by atoms with Crippen LogP contribution in [-0.2, 0) is 27.3 Å². The summed E-state index contributed by atoms with van der Waals surface area (Å²) in [5.74, 6) is -0.620. The summed E-state index contributed by atoms with van der Waals surface area (Å²) in [4.78, 5) is 24.0. The van der Waals surface area contributed by atoms with Crippen LogP contribution in [0.2, 0.25) is 0 Å². The van der Waals surface area contributed by atoms with E-state index in [2.05, 4.69) is 41.0 Å². The number of ether oxygens (including phenoxy) is 2. The largest absolute Gasteiger partial charge is 0.481 e. The van der Waals surface area contributed by atoms with Gasteiger partial charge in [0.2, 0.25) is 5.91 Å². The van der Waals surface area contributed by atoms with Crippen molar-refractivity contribution in [2.45, 2.75) is 25.3 Å². The molecule has 172 valence electrons. The molecule has 34 heavy (non-hydrogen) atoms. The molecule has 0 aliphatic heterocycles. The Morgan fingerprint density at radius 2 is 1.76 bits per heavy atom. The Bertz CT molecular complexity index is 1370. The van der Waals surface area contributed by atoms with E-state index in [9.17, 15) is 9.59 Å². The fourth-order valence-electron chi connectivity index (χ4n) is 4.96. The van der Waals surface area contributed by atoms with Gasteiger partial charge >= 0.3 is 5.97 Å². The fourth-order valence-corrected chi connectivity index (χ4v) is 4.96. The van der Waals surface area contributed by atoms with Gasteiger partial charge in [-0.1, -0.05) is 54.6 Å². The predicted octanol–water partition coefficient (Wildman–Crippen LogP) is 4.42. The van der Waals surface area contributed by atoms with Crippen molar-refractivity contribution in [2.24, 2.45) is 5.73 Å². The van der Waals surface area contributed by atoms with Gasteiger partial charge in [-0.15, -0.1) is 0 Å². The summed E-state index contributed by atoms with van der Waals surface area (Å²) >= 11 is 0. The third-order valence-electron chi connectivity index (χ3n) is 6.51. The van der Waals surface area contributed by atoms with Gasteiger partial charge in [0.15, 0.2) is 6.61 Å². The van der Waals surface area contributed by atoms with Crippen molar-refractivity contribution in [3.63, 3.8) is 0 Å². The zero-order chi connectivity index (χ0) is 23.7. The van der Waals surface area contributed by atoms with Crippen molar-refractivity contribution in [1.29, 1.82) is 0 Å². The van der Waals surface area contributed by atoms with Crippen LogP contribution in [0.25, 0.3) is 22.0 Å². The van der Waals surface area contributed by atoms with E-state index in [0.717, 1.165) is 39.7 Å². The molecule has 0 fully saturated rings. The molecule has 1 aliphatic carbocycles. The lowest BCUT2D eigenvalue weighted by Gasteiger charge is -2.13. The molecule has 6 heteroatoms. The number of hydrogen-bond acceptors (Lipinski definition) is 4. The SMILES string of the molecule is COC(=O)COc1cccc2c1c1c(n2Cc2cccc(-c3ccccc3)c2)CCC1C(N)=O. The van der Waals surface area contributed by atoms with E-state index < -0.39 is 5.97 Å². The number of carbonyl (C=O) groups is 2. The number of nitrogens with zero attached hydrogens (tertiary/aromatic N) is 1. The highest BCUT2D eigenvalue weighted by atomic mass is 16.6. The molecule has 5 rings (SSSR count). The number of fused-ring (bicyclic) bond motifs is 3. The molecule has 1 atom stereocenters. The quantitative estimate of drug-likeness (QED) is 0.419. The normalized spacial score (nSPS) is 14.7. The number of primary amides is 1. The molecule has 3 aromatic carbocycles. The lowest BCUT2D eigenvalue weighted by atomic mass is 9.99. The minimum absolute atomic E-state index is 0.198. The van der Waals surface area contributed by atoms with Gasteiger partial charge in [0.1, 0.15) is 5.75 Å². The van der Waals surface area contributed by atoms with Crippen LogP contribution in [0, 0.1) is 0 Å². The molecule has 1 heterocycles. The maximum Gasteiger partial charge on any atom is 0.343 e. The second kappa shape index (κ2) is 9.06. The van der Waals surface area contributed by atoms with E-state index >= 15 is 0 Å². The molecular weight excluding hydrogens is 428 g/mol. The van der Waals surface area contributed by atoms with E-state index in [1.165, 1.54) is 12.7 Å². The number of methoxy groups -OCH3 is 1. The van der Waals surface area contributed by atoms with Crippen molar-refractivity contribution >= 4 is 22.8 Å². The summed E-state index contributed by atoms with van der Waals surface area (Å²) in [5.41, 5.74) is 12.2. The van der Waals surface area contributed by atoms with Gasteiger partial charge in [-0.3, -0.25) is 4.79 Å². The second-order valence-electron chi connectivity index (χ2n) is 8.52. The minimum atomic E-state index is -0.461. The number of aromatic nitrogens is 1. The lowest BCUT2D eigenvalue weighted by Crippen LogP contribution is -2.19.